The van der Waals surface area contributed by atoms with Gasteiger partial charge in [-0.15, -0.1) is 11.3 Å². The van der Waals surface area contributed by atoms with Crippen molar-refractivity contribution in [3.8, 4) is 0 Å². The zero-order chi connectivity index (χ0) is 18.4. The van der Waals surface area contributed by atoms with Gasteiger partial charge < -0.3 is 10.0 Å². The van der Waals surface area contributed by atoms with Crippen LogP contribution in [0.3, 0.4) is 0 Å². The van der Waals surface area contributed by atoms with Gasteiger partial charge in [-0.25, -0.2) is 4.98 Å². The van der Waals surface area contributed by atoms with Crippen LogP contribution in [0.2, 0.25) is 0 Å². The third-order valence-corrected chi connectivity index (χ3v) is 5.09. The largest absolute Gasteiger partial charge is 0.388 e. The van der Waals surface area contributed by atoms with Crippen LogP contribution in [0, 0.1) is 0 Å². The minimum Gasteiger partial charge on any atom is -0.388 e. The number of carbonyl (C=O) groups is 1. The number of aromatic nitrogens is 1. The molecule has 3 aromatic rings. The first-order chi connectivity index (χ1) is 12.6. The van der Waals surface area contributed by atoms with Gasteiger partial charge in [0.25, 0.3) is 5.91 Å². The van der Waals surface area contributed by atoms with Crippen molar-refractivity contribution >= 4 is 17.2 Å². The second kappa shape index (κ2) is 8.74. The molecular weight excluding hydrogens is 344 g/mol. The first kappa shape index (κ1) is 18.3. The lowest BCUT2D eigenvalue weighted by Crippen LogP contribution is -2.29. The number of benzene rings is 2. The minimum absolute atomic E-state index is 0.110. The molecule has 26 heavy (non-hydrogen) atoms. The summed E-state index contributed by atoms with van der Waals surface area (Å²) in [6.07, 6.45) is 0.651. The molecule has 0 unspecified atom stereocenters. The van der Waals surface area contributed by atoms with Gasteiger partial charge in [0.2, 0.25) is 0 Å². The number of hydrogen-bond donors (Lipinski definition) is 1. The number of hydrogen-bond acceptors (Lipinski definition) is 4. The summed E-state index contributed by atoms with van der Waals surface area (Å²) in [5, 5.41) is 13.0. The van der Waals surface area contributed by atoms with Crippen molar-refractivity contribution in [2.75, 3.05) is 13.6 Å². The van der Waals surface area contributed by atoms with E-state index in [1.54, 1.807) is 11.9 Å². The Kier molecular flexibility index (Phi) is 6.15. The molecule has 0 saturated carbocycles. The first-order valence-electron chi connectivity index (χ1n) is 8.60. The maximum atomic E-state index is 12.5. The van der Waals surface area contributed by atoms with Crippen molar-refractivity contribution in [1.82, 2.24) is 9.88 Å². The topological polar surface area (TPSA) is 53.4 Å². The molecule has 1 aromatic heterocycles. The molecule has 0 saturated heterocycles. The summed E-state index contributed by atoms with van der Waals surface area (Å²) in [6, 6.07) is 19.6. The van der Waals surface area contributed by atoms with E-state index < -0.39 is 6.10 Å². The fourth-order valence-electron chi connectivity index (χ4n) is 2.72. The molecular formula is C21H22N2O2S. The third-order valence-electron chi connectivity index (χ3n) is 4.24. The van der Waals surface area contributed by atoms with Gasteiger partial charge in [-0.05, 0) is 17.5 Å². The SMILES string of the molecule is CN(CC[C@H](O)c1ccccc1)C(=O)c1csc(Cc2ccccc2)n1. The van der Waals surface area contributed by atoms with Crippen molar-refractivity contribution in [2.45, 2.75) is 18.9 Å². The highest BCUT2D eigenvalue weighted by molar-refractivity contribution is 7.09. The summed E-state index contributed by atoms with van der Waals surface area (Å²) in [7, 11) is 1.75. The van der Waals surface area contributed by atoms with Crippen LogP contribution in [0.15, 0.2) is 66.0 Å². The van der Waals surface area contributed by atoms with Gasteiger partial charge in [0.05, 0.1) is 11.1 Å². The first-order valence-corrected chi connectivity index (χ1v) is 9.48. The smallest absolute Gasteiger partial charge is 0.273 e. The quantitative estimate of drug-likeness (QED) is 0.689. The van der Waals surface area contributed by atoms with Crippen LogP contribution in [0.25, 0.3) is 0 Å². The maximum absolute atomic E-state index is 12.5. The van der Waals surface area contributed by atoms with Crippen LogP contribution < -0.4 is 0 Å². The Morgan fingerprint density at radius 3 is 2.46 bits per heavy atom. The van der Waals surface area contributed by atoms with E-state index in [0.717, 1.165) is 17.0 Å². The average molecular weight is 366 g/mol. The Hall–Kier alpha value is -2.50. The van der Waals surface area contributed by atoms with Crippen molar-refractivity contribution in [3.05, 3.63) is 87.9 Å². The monoisotopic (exact) mass is 366 g/mol. The van der Waals surface area contributed by atoms with Gasteiger partial charge in [0, 0.05) is 25.4 Å². The van der Waals surface area contributed by atoms with Crippen molar-refractivity contribution in [3.63, 3.8) is 0 Å². The molecule has 0 aliphatic carbocycles. The number of aliphatic hydroxyl groups excluding tert-OH is 1. The van der Waals surface area contributed by atoms with E-state index in [1.807, 2.05) is 53.9 Å². The van der Waals surface area contributed by atoms with E-state index in [-0.39, 0.29) is 5.91 Å². The predicted molar refractivity (Wildman–Crippen MR) is 104 cm³/mol. The average Bonchev–Trinajstić information content (AvgIpc) is 3.15. The minimum atomic E-state index is -0.574. The second-order valence-corrected chi connectivity index (χ2v) is 7.17. The standard InChI is InChI=1S/C21H22N2O2S/c1-23(13-12-19(24)17-10-6-3-7-11-17)21(25)18-15-26-20(22-18)14-16-8-4-2-5-9-16/h2-11,15,19,24H,12-14H2,1H3/t19-/m0/s1. The molecule has 0 bridgehead atoms. The van der Waals surface area contributed by atoms with E-state index in [0.29, 0.717) is 18.7 Å². The number of nitrogens with zero attached hydrogens (tertiary/aromatic N) is 2. The molecule has 3 rings (SSSR count). The van der Waals surface area contributed by atoms with Gasteiger partial charge in [-0.1, -0.05) is 60.7 Å². The number of rotatable bonds is 7. The number of amides is 1. The highest BCUT2D eigenvalue weighted by atomic mass is 32.1. The van der Waals surface area contributed by atoms with Crippen LogP contribution in [-0.4, -0.2) is 34.5 Å². The Balaban J connectivity index is 1.55. The molecule has 0 aliphatic rings. The van der Waals surface area contributed by atoms with E-state index >= 15 is 0 Å². The molecule has 5 heteroatoms. The normalized spacial score (nSPS) is 11.9. The fraction of sp³-hybridized carbons (Fsp3) is 0.238. The summed E-state index contributed by atoms with van der Waals surface area (Å²) in [5.74, 6) is -0.110. The molecule has 1 N–H and O–H groups in total. The van der Waals surface area contributed by atoms with Crippen LogP contribution in [-0.2, 0) is 6.42 Å². The molecule has 1 heterocycles. The Labute approximate surface area is 157 Å². The molecule has 0 aliphatic heterocycles. The number of carbonyl (C=O) groups excluding carboxylic acids is 1. The van der Waals surface area contributed by atoms with Crippen molar-refractivity contribution < 1.29 is 9.90 Å². The lowest BCUT2D eigenvalue weighted by molar-refractivity contribution is 0.0756. The van der Waals surface area contributed by atoms with Crippen LogP contribution in [0.1, 0.15) is 39.1 Å². The summed E-state index contributed by atoms with van der Waals surface area (Å²) in [4.78, 5) is 18.6. The van der Waals surface area contributed by atoms with Crippen LogP contribution in [0.4, 0.5) is 0 Å². The Morgan fingerprint density at radius 1 is 1.12 bits per heavy atom. The number of thiazole rings is 1. The van der Waals surface area contributed by atoms with Crippen molar-refractivity contribution in [1.29, 1.82) is 0 Å². The van der Waals surface area contributed by atoms with Gasteiger partial charge in [0.15, 0.2) is 0 Å². The van der Waals surface area contributed by atoms with Crippen molar-refractivity contribution in [2.24, 2.45) is 0 Å². The zero-order valence-corrected chi connectivity index (χ0v) is 15.5. The molecule has 0 radical (unpaired) electrons. The van der Waals surface area contributed by atoms with E-state index in [9.17, 15) is 9.90 Å². The van der Waals surface area contributed by atoms with E-state index in [2.05, 4.69) is 17.1 Å². The Morgan fingerprint density at radius 2 is 1.77 bits per heavy atom. The summed E-state index contributed by atoms with van der Waals surface area (Å²) < 4.78 is 0. The van der Waals surface area contributed by atoms with Crippen LogP contribution in [0.5, 0.6) is 0 Å². The lowest BCUT2D eigenvalue weighted by atomic mass is 10.1. The Bertz CT molecular complexity index is 833. The summed E-state index contributed by atoms with van der Waals surface area (Å²) in [5.41, 5.74) is 2.52. The van der Waals surface area contributed by atoms with Gasteiger partial charge in [-0.2, -0.15) is 0 Å². The number of aliphatic hydroxyl groups is 1. The maximum Gasteiger partial charge on any atom is 0.273 e. The highest BCUT2D eigenvalue weighted by Gasteiger charge is 2.17. The van der Waals surface area contributed by atoms with Gasteiger partial charge >= 0.3 is 0 Å². The van der Waals surface area contributed by atoms with E-state index in [1.165, 1.54) is 16.9 Å². The third kappa shape index (κ3) is 4.77. The molecule has 1 atom stereocenters. The fourth-order valence-corrected chi connectivity index (χ4v) is 3.52. The van der Waals surface area contributed by atoms with Gasteiger partial charge in [0.1, 0.15) is 5.69 Å². The zero-order valence-electron chi connectivity index (χ0n) is 14.7. The lowest BCUT2D eigenvalue weighted by Gasteiger charge is -2.18. The second-order valence-electron chi connectivity index (χ2n) is 6.23. The molecule has 0 fully saturated rings. The summed E-state index contributed by atoms with van der Waals surface area (Å²) >= 11 is 1.50. The van der Waals surface area contributed by atoms with E-state index in [4.69, 9.17) is 0 Å². The molecule has 1 amide bonds. The molecule has 2 aromatic carbocycles. The highest BCUT2D eigenvalue weighted by Crippen LogP contribution is 2.18. The predicted octanol–water partition coefficient (Wildman–Crippen LogP) is 3.93. The molecule has 0 spiro atoms. The van der Waals surface area contributed by atoms with Crippen LogP contribution >= 0.6 is 11.3 Å². The molecule has 4 nitrogen and oxygen atoms in total. The summed E-state index contributed by atoms with van der Waals surface area (Å²) in [6.45, 7) is 0.473. The van der Waals surface area contributed by atoms with Gasteiger partial charge in [-0.3, -0.25) is 4.79 Å². The molecule has 134 valence electrons.